The molecule has 21 nitrogen and oxygen atoms in total. The van der Waals surface area contributed by atoms with E-state index < -0.39 is 80.6 Å². The van der Waals surface area contributed by atoms with Crippen molar-refractivity contribution in [1.29, 1.82) is 0 Å². The van der Waals surface area contributed by atoms with Crippen LogP contribution in [0.15, 0.2) is 182 Å². The molecule has 6 aliphatic rings. The number of nitrogens with two attached hydrogens (primary N) is 1. The van der Waals surface area contributed by atoms with E-state index in [-0.39, 0.29) is 28.9 Å². The number of amides is 3. The van der Waals surface area contributed by atoms with Crippen molar-refractivity contribution >= 4 is 57.5 Å². The number of hydrogen-bond donors (Lipinski definition) is 7. The summed E-state index contributed by atoms with van der Waals surface area (Å²) in [4.78, 5) is 92.7. The number of carboxylic acids is 1. The molecule has 2 aromatic heterocycles. The minimum absolute atomic E-state index is 0.0527. The van der Waals surface area contributed by atoms with Crippen LogP contribution in [0.25, 0.3) is 44.1 Å². The normalized spacial score (nSPS) is 21.0. The maximum atomic E-state index is 14.7. The maximum Gasteiger partial charge on any atom is 0.408 e. The number of anilines is 2. The number of nitrogens with one attached hydrogen (secondary N) is 5. The van der Waals surface area contributed by atoms with Gasteiger partial charge in [0.25, 0.3) is 17.0 Å². The van der Waals surface area contributed by atoms with Crippen LogP contribution >= 0.6 is 0 Å². The first-order valence-corrected chi connectivity index (χ1v) is 29.7. The van der Waals surface area contributed by atoms with Crippen molar-refractivity contribution in [3.63, 3.8) is 0 Å². The van der Waals surface area contributed by atoms with E-state index in [9.17, 15) is 53.3 Å². The molecule has 8 aromatic carbocycles. The average Bonchev–Trinajstić information content (AvgIpc) is 0.893. The van der Waals surface area contributed by atoms with Crippen molar-refractivity contribution in [3.8, 4) is 22.5 Å². The molecule has 0 radical (unpaired) electrons. The average molecular weight is 1260 g/mol. The van der Waals surface area contributed by atoms with E-state index in [1.807, 2.05) is 18.2 Å². The summed E-state index contributed by atoms with van der Waals surface area (Å²) in [6.07, 6.45) is 0.564. The maximum absolute atomic E-state index is 14.7. The number of carbonyl (C=O) groups is 4. The quantitative estimate of drug-likeness (QED) is 0.0522. The van der Waals surface area contributed by atoms with E-state index in [2.05, 4.69) is 35.9 Å². The molecule has 3 amide bonds. The number of benzene rings is 8. The third-order valence-corrected chi connectivity index (χ3v) is 17.5. The second kappa shape index (κ2) is 22.8. The molecule has 0 fully saturated rings. The van der Waals surface area contributed by atoms with Crippen LogP contribution in [0.5, 0.6) is 0 Å². The molecular weight excluding hydrogens is 1190 g/mol. The van der Waals surface area contributed by atoms with Crippen molar-refractivity contribution in [2.75, 3.05) is 11.1 Å². The SMILES string of the molecule is CC(C)(C)OC(=O)NC1(C(=O)Nc2ncc(-c3ccc(F)c4ccccc34)[nH]2)CC2([N+](=O)[O-])c3ccccc3C1c1ccccc12.CC(C)(C)OC(=O)NC1(C(=O)O)CC2([N+](=O)[O-])c3ccccc3C1c1ccccc12.Nc1ncc(-c2ccc(F)c3ccccc23)[nH]1. The van der Waals surface area contributed by atoms with Crippen molar-refractivity contribution < 1.29 is 52.4 Å². The molecule has 0 saturated heterocycles. The van der Waals surface area contributed by atoms with Crippen LogP contribution in [0.2, 0.25) is 0 Å². The number of fused-ring (bicyclic) bond motifs is 4. The van der Waals surface area contributed by atoms with E-state index in [1.165, 1.54) is 18.3 Å². The Morgan fingerprint density at radius 3 is 1.28 bits per heavy atom. The third-order valence-electron chi connectivity index (χ3n) is 17.5. The van der Waals surface area contributed by atoms with Gasteiger partial charge in [-0.2, -0.15) is 0 Å². The summed E-state index contributed by atoms with van der Waals surface area (Å²) in [7, 11) is 0. The van der Waals surface area contributed by atoms with Crippen LogP contribution < -0.4 is 21.7 Å². The van der Waals surface area contributed by atoms with Crippen molar-refractivity contribution in [3.05, 3.63) is 259 Å². The standard InChI is InChI=1S/C35H30FN5O5.C22H22N2O6.C13H10FN3/c1-33(2,3)46-32(43)40-34(19-35(41(44)45)25-14-8-6-12-23(25)29(34)24-13-7-9-15-26(24)35)30(42)39-31-37-18-28(38-31)22-16-17-27(36)21-11-5-4-10-20(21)22;1-20(2,3)30-19(27)23-21(18(25)26)12-22(24(28)29)15-10-6-4-8-13(15)17(21)14-9-5-7-11-16(14)22;14-11-6-5-10(12-7-16-13(15)17-12)8-3-1-2-4-9(8)11/h4-18,29H,19H2,1-3H3,(H,40,43)(H2,37,38,39,42);4-11,17H,12H2,1-3H3,(H,23,27)(H,25,26);1-7H,(H3,15,16,17). The highest BCUT2D eigenvalue weighted by atomic mass is 19.1. The van der Waals surface area contributed by atoms with Crippen LogP contribution in [0.4, 0.5) is 30.3 Å². The Morgan fingerprint density at radius 2 is 0.892 bits per heavy atom. The summed E-state index contributed by atoms with van der Waals surface area (Å²) in [5.41, 5.74) is 3.29. The van der Waals surface area contributed by atoms with Gasteiger partial charge in [-0.25, -0.2) is 33.1 Å². The van der Waals surface area contributed by atoms with Crippen LogP contribution in [-0.4, -0.2) is 81.2 Å². The number of halogens is 2. The number of nitrogen functional groups attached to an aromatic ring is 1. The molecule has 4 bridgehead atoms. The number of H-pyrrole nitrogens is 2. The lowest BCUT2D eigenvalue weighted by molar-refractivity contribution is -0.572. The van der Waals surface area contributed by atoms with Gasteiger partial charge in [0, 0.05) is 65.8 Å². The molecule has 2 heterocycles. The molecule has 0 spiro atoms. The van der Waals surface area contributed by atoms with E-state index in [0.717, 1.165) is 16.6 Å². The number of carbonyl (C=O) groups excluding carboxylic acids is 3. The lowest BCUT2D eigenvalue weighted by Crippen LogP contribution is -2.69. The van der Waals surface area contributed by atoms with E-state index in [1.54, 1.807) is 187 Å². The van der Waals surface area contributed by atoms with Gasteiger partial charge in [-0.3, -0.25) is 30.3 Å². The molecule has 10 aromatic rings. The smallest absolute Gasteiger partial charge is 0.408 e. The van der Waals surface area contributed by atoms with Gasteiger partial charge < -0.3 is 40.9 Å². The number of carboxylic acid groups (broad SMARTS) is 1. The summed E-state index contributed by atoms with van der Waals surface area (Å²) in [5, 5.41) is 46.7. The molecular formula is C70H62F2N10O11. The Bertz CT molecular complexity index is 4610. The lowest BCUT2D eigenvalue weighted by Gasteiger charge is -2.53. The first kappa shape index (κ1) is 61.9. The van der Waals surface area contributed by atoms with E-state index >= 15 is 0 Å². The molecule has 23 heteroatoms. The van der Waals surface area contributed by atoms with Gasteiger partial charge in [-0.05, 0) is 98.8 Å². The van der Waals surface area contributed by atoms with Crippen molar-refractivity contribution in [2.24, 2.45) is 0 Å². The zero-order chi connectivity index (χ0) is 66.2. The summed E-state index contributed by atoms with van der Waals surface area (Å²) in [5.74, 6) is -3.81. The Balaban J connectivity index is 0.000000150. The highest BCUT2D eigenvalue weighted by Crippen LogP contribution is 2.62. The number of nitro groups is 2. The van der Waals surface area contributed by atoms with E-state index in [4.69, 9.17) is 15.2 Å². The van der Waals surface area contributed by atoms with Gasteiger partial charge in [0.05, 0.1) is 36.6 Å². The molecule has 0 aliphatic heterocycles. The minimum Gasteiger partial charge on any atom is -0.479 e. The van der Waals surface area contributed by atoms with Gasteiger partial charge in [0.2, 0.25) is 5.95 Å². The number of alkyl carbamates (subject to hydrolysis) is 2. The first-order valence-electron chi connectivity index (χ1n) is 29.7. The summed E-state index contributed by atoms with van der Waals surface area (Å²) in [6, 6.07) is 48.0. The lowest BCUT2D eigenvalue weighted by atomic mass is 9.52. The molecule has 6 aliphatic carbocycles. The number of aromatic nitrogens is 4. The van der Waals surface area contributed by atoms with Crippen LogP contribution in [-0.2, 0) is 30.1 Å². The number of aromatic amines is 2. The molecule has 8 N–H and O–H groups in total. The van der Waals surface area contributed by atoms with Gasteiger partial charge in [-0.15, -0.1) is 0 Å². The Morgan fingerprint density at radius 1 is 0.538 bits per heavy atom. The number of nitrogens with zero attached hydrogens (tertiary/aromatic N) is 4. The molecule has 2 unspecified atom stereocenters. The minimum atomic E-state index is -1.93. The second-order valence-electron chi connectivity index (χ2n) is 25.4. The fraction of sp³-hybridized carbons (Fsp3) is 0.229. The number of hydrogen-bond acceptors (Lipinski definition) is 13. The Hall–Kier alpha value is -11.4. The monoisotopic (exact) mass is 1260 g/mol. The molecule has 93 heavy (non-hydrogen) atoms. The predicted octanol–water partition coefficient (Wildman–Crippen LogP) is 13.0. The fourth-order valence-electron chi connectivity index (χ4n) is 14.0. The fourth-order valence-corrected chi connectivity index (χ4v) is 14.0. The number of imidazole rings is 2. The number of aliphatic carboxylic acids is 1. The van der Waals surface area contributed by atoms with E-state index in [0.29, 0.717) is 77.9 Å². The zero-order valence-corrected chi connectivity index (χ0v) is 51.0. The molecule has 0 saturated carbocycles. The van der Waals surface area contributed by atoms with Crippen LogP contribution in [0.1, 0.15) is 111 Å². The van der Waals surface area contributed by atoms with Gasteiger partial charge in [0.1, 0.15) is 28.4 Å². The van der Waals surface area contributed by atoms with Gasteiger partial charge in [0.15, 0.2) is 11.5 Å². The Labute approximate surface area is 530 Å². The van der Waals surface area contributed by atoms with Crippen molar-refractivity contribution in [2.45, 2.75) is 99.6 Å². The van der Waals surface area contributed by atoms with Crippen molar-refractivity contribution in [1.82, 2.24) is 30.6 Å². The molecule has 2 atom stereocenters. The molecule has 472 valence electrons. The summed E-state index contributed by atoms with van der Waals surface area (Å²) >= 11 is 0. The predicted molar refractivity (Wildman–Crippen MR) is 342 cm³/mol. The van der Waals surface area contributed by atoms with Gasteiger partial charge in [-0.1, -0.05) is 146 Å². The van der Waals surface area contributed by atoms with Crippen LogP contribution in [0, 0.1) is 31.9 Å². The summed E-state index contributed by atoms with van der Waals surface area (Å²) in [6.45, 7) is 10.1. The Kier molecular flexibility index (Phi) is 15.2. The van der Waals surface area contributed by atoms with Crippen LogP contribution in [0.3, 0.4) is 0 Å². The number of ether oxygens (including phenoxy) is 2. The number of rotatable bonds is 9. The highest BCUT2D eigenvalue weighted by Gasteiger charge is 2.71. The third kappa shape index (κ3) is 10.4. The summed E-state index contributed by atoms with van der Waals surface area (Å²) < 4.78 is 39.1. The molecule has 16 rings (SSSR count). The first-order chi connectivity index (χ1) is 44.2. The highest BCUT2D eigenvalue weighted by molar-refractivity contribution is 6.03. The van der Waals surface area contributed by atoms with Gasteiger partial charge >= 0.3 is 18.2 Å². The largest absolute Gasteiger partial charge is 0.479 e. The second-order valence-corrected chi connectivity index (χ2v) is 25.4. The topological polar surface area (TPSA) is 313 Å². The zero-order valence-electron chi connectivity index (χ0n) is 51.0.